The van der Waals surface area contributed by atoms with Crippen molar-refractivity contribution in [3.05, 3.63) is 54.1 Å². The number of piperidine rings is 1. The summed E-state index contributed by atoms with van der Waals surface area (Å²) >= 11 is 0. The van der Waals surface area contributed by atoms with Crippen LogP contribution in [0.15, 0.2) is 42.9 Å². The summed E-state index contributed by atoms with van der Waals surface area (Å²) in [6, 6.07) is 9.42. The van der Waals surface area contributed by atoms with Crippen LogP contribution in [0.5, 0.6) is 0 Å². The van der Waals surface area contributed by atoms with Crippen molar-refractivity contribution in [1.82, 2.24) is 34.9 Å². The van der Waals surface area contributed by atoms with Crippen molar-refractivity contribution < 1.29 is 4.79 Å². The standard InChI is InChI=1S/C17H19N7O/c1-22-9-7-16(19-22)14-5-3-8-23(11-14)17(25)13-4-2-6-15(10-13)24-12-18-20-21-24/h2,4,6-7,9-10,12,14H,3,5,8,11H2,1H3/t14-/m0/s1. The highest BCUT2D eigenvalue weighted by atomic mass is 16.2. The van der Waals surface area contributed by atoms with Crippen LogP contribution in [0, 0.1) is 0 Å². The summed E-state index contributed by atoms with van der Waals surface area (Å²) in [6.45, 7) is 1.47. The molecule has 2 aromatic heterocycles. The van der Waals surface area contributed by atoms with Crippen LogP contribution in [0.25, 0.3) is 5.69 Å². The molecule has 1 atom stereocenters. The van der Waals surface area contributed by atoms with Crippen molar-refractivity contribution in [1.29, 1.82) is 0 Å². The van der Waals surface area contributed by atoms with Crippen LogP contribution in [0.2, 0.25) is 0 Å². The normalized spacial score (nSPS) is 17.6. The number of carbonyl (C=O) groups is 1. The van der Waals surface area contributed by atoms with Gasteiger partial charge in [0.1, 0.15) is 6.33 Å². The molecular weight excluding hydrogens is 318 g/mol. The average Bonchev–Trinajstić information content (AvgIpc) is 3.33. The van der Waals surface area contributed by atoms with E-state index in [4.69, 9.17) is 0 Å². The van der Waals surface area contributed by atoms with E-state index in [1.54, 1.807) is 4.68 Å². The number of hydrogen-bond donors (Lipinski definition) is 0. The molecule has 1 fully saturated rings. The Balaban J connectivity index is 1.53. The number of aryl methyl sites for hydroxylation is 1. The third-order valence-corrected chi connectivity index (χ3v) is 4.57. The topological polar surface area (TPSA) is 81.7 Å². The number of benzene rings is 1. The molecule has 3 heterocycles. The van der Waals surface area contributed by atoms with Crippen molar-refractivity contribution in [3.63, 3.8) is 0 Å². The minimum atomic E-state index is 0.0376. The molecule has 0 radical (unpaired) electrons. The number of rotatable bonds is 3. The van der Waals surface area contributed by atoms with Crippen LogP contribution < -0.4 is 0 Å². The molecule has 1 amide bonds. The van der Waals surface area contributed by atoms with Crippen LogP contribution in [0.4, 0.5) is 0 Å². The maximum absolute atomic E-state index is 12.9. The fourth-order valence-electron chi connectivity index (χ4n) is 3.30. The second-order valence-electron chi connectivity index (χ2n) is 6.31. The molecule has 0 saturated carbocycles. The Morgan fingerprint density at radius 3 is 2.96 bits per heavy atom. The molecule has 8 heteroatoms. The van der Waals surface area contributed by atoms with Gasteiger partial charge in [-0.15, -0.1) is 5.10 Å². The van der Waals surface area contributed by atoms with Crippen molar-refractivity contribution >= 4 is 5.91 Å². The number of amides is 1. The molecule has 1 aromatic carbocycles. The van der Waals surface area contributed by atoms with E-state index in [0.717, 1.165) is 30.8 Å². The number of likely N-dealkylation sites (tertiary alicyclic amines) is 1. The van der Waals surface area contributed by atoms with Crippen LogP contribution in [-0.4, -0.2) is 53.9 Å². The second kappa shape index (κ2) is 6.46. The molecule has 0 bridgehead atoms. The second-order valence-corrected chi connectivity index (χ2v) is 6.31. The highest BCUT2D eigenvalue weighted by Gasteiger charge is 2.26. The van der Waals surface area contributed by atoms with Crippen LogP contribution >= 0.6 is 0 Å². The van der Waals surface area contributed by atoms with E-state index in [1.165, 1.54) is 6.33 Å². The molecule has 8 nitrogen and oxygen atoms in total. The summed E-state index contributed by atoms with van der Waals surface area (Å²) in [5, 5.41) is 15.6. The van der Waals surface area contributed by atoms with Gasteiger partial charge in [0, 0.05) is 37.8 Å². The third kappa shape index (κ3) is 3.15. The summed E-state index contributed by atoms with van der Waals surface area (Å²) in [5.41, 5.74) is 2.48. The average molecular weight is 337 g/mol. The first-order valence-corrected chi connectivity index (χ1v) is 8.33. The zero-order valence-corrected chi connectivity index (χ0v) is 14.0. The summed E-state index contributed by atoms with van der Waals surface area (Å²) in [4.78, 5) is 14.9. The van der Waals surface area contributed by atoms with E-state index in [1.807, 2.05) is 53.2 Å². The lowest BCUT2D eigenvalue weighted by molar-refractivity contribution is 0.0705. The van der Waals surface area contributed by atoms with E-state index in [0.29, 0.717) is 18.0 Å². The minimum Gasteiger partial charge on any atom is -0.338 e. The summed E-state index contributed by atoms with van der Waals surface area (Å²) in [5.74, 6) is 0.331. The summed E-state index contributed by atoms with van der Waals surface area (Å²) in [6.07, 6.45) is 5.51. The Hall–Kier alpha value is -3.03. The largest absolute Gasteiger partial charge is 0.338 e. The van der Waals surface area contributed by atoms with Gasteiger partial charge in [0.2, 0.25) is 0 Å². The quantitative estimate of drug-likeness (QED) is 0.722. The van der Waals surface area contributed by atoms with Gasteiger partial charge in [0.15, 0.2) is 0 Å². The molecule has 1 aliphatic heterocycles. The lowest BCUT2D eigenvalue weighted by Crippen LogP contribution is -2.39. The number of hydrogen-bond acceptors (Lipinski definition) is 5. The van der Waals surface area contributed by atoms with E-state index in [-0.39, 0.29) is 5.91 Å². The molecule has 0 unspecified atom stereocenters. The number of tetrazole rings is 1. The first-order valence-electron chi connectivity index (χ1n) is 8.33. The van der Waals surface area contributed by atoms with Crippen LogP contribution in [0.1, 0.15) is 34.8 Å². The molecule has 4 rings (SSSR count). The highest BCUT2D eigenvalue weighted by molar-refractivity contribution is 5.94. The highest BCUT2D eigenvalue weighted by Crippen LogP contribution is 2.26. The van der Waals surface area contributed by atoms with E-state index in [2.05, 4.69) is 20.6 Å². The zero-order valence-electron chi connectivity index (χ0n) is 14.0. The fourth-order valence-corrected chi connectivity index (χ4v) is 3.30. The molecule has 25 heavy (non-hydrogen) atoms. The van der Waals surface area contributed by atoms with Gasteiger partial charge in [0.05, 0.1) is 11.4 Å². The molecular formula is C17H19N7O. The number of carbonyl (C=O) groups excluding carboxylic acids is 1. The van der Waals surface area contributed by atoms with Gasteiger partial charge in [-0.05, 0) is 47.5 Å². The Morgan fingerprint density at radius 1 is 1.28 bits per heavy atom. The Morgan fingerprint density at radius 2 is 2.20 bits per heavy atom. The third-order valence-electron chi connectivity index (χ3n) is 4.57. The van der Waals surface area contributed by atoms with Crippen molar-refractivity contribution in [3.8, 4) is 5.69 Å². The smallest absolute Gasteiger partial charge is 0.253 e. The lowest BCUT2D eigenvalue weighted by atomic mass is 9.94. The maximum atomic E-state index is 12.9. The van der Waals surface area contributed by atoms with E-state index in [9.17, 15) is 4.79 Å². The maximum Gasteiger partial charge on any atom is 0.253 e. The Labute approximate surface area is 145 Å². The minimum absolute atomic E-state index is 0.0376. The molecule has 0 spiro atoms. The van der Waals surface area contributed by atoms with Gasteiger partial charge >= 0.3 is 0 Å². The van der Waals surface area contributed by atoms with Gasteiger partial charge < -0.3 is 4.90 Å². The van der Waals surface area contributed by atoms with Gasteiger partial charge in [-0.2, -0.15) is 5.10 Å². The zero-order chi connectivity index (χ0) is 17.2. The predicted molar refractivity (Wildman–Crippen MR) is 90.2 cm³/mol. The summed E-state index contributed by atoms with van der Waals surface area (Å²) < 4.78 is 3.36. The Kier molecular flexibility index (Phi) is 4.01. The number of aromatic nitrogens is 6. The molecule has 3 aromatic rings. The van der Waals surface area contributed by atoms with Crippen molar-refractivity contribution in [2.24, 2.45) is 7.05 Å². The number of nitrogens with zero attached hydrogens (tertiary/aromatic N) is 7. The van der Waals surface area contributed by atoms with Gasteiger partial charge in [0.25, 0.3) is 5.91 Å². The van der Waals surface area contributed by atoms with Gasteiger partial charge in [-0.25, -0.2) is 4.68 Å². The van der Waals surface area contributed by atoms with E-state index >= 15 is 0 Å². The Bertz CT molecular complexity index is 871. The van der Waals surface area contributed by atoms with Crippen molar-refractivity contribution in [2.45, 2.75) is 18.8 Å². The fraction of sp³-hybridized carbons (Fsp3) is 0.353. The summed E-state index contributed by atoms with van der Waals surface area (Å²) in [7, 11) is 1.92. The lowest BCUT2D eigenvalue weighted by Gasteiger charge is -2.32. The molecule has 0 aliphatic carbocycles. The van der Waals surface area contributed by atoms with Crippen molar-refractivity contribution in [2.75, 3.05) is 13.1 Å². The predicted octanol–water partition coefficient (Wildman–Crippen LogP) is 1.42. The monoisotopic (exact) mass is 337 g/mol. The van der Waals surface area contributed by atoms with Crippen LogP contribution in [-0.2, 0) is 7.05 Å². The SMILES string of the molecule is Cn1ccc([C@H]2CCCN(C(=O)c3cccc(-n4cnnn4)c3)C2)n1. The van der Waals surface area contributed by atoms with Crippen LogP contribution in [0.3, 0.4) is 0 Å². The molecule has 1 saturated heterocycles. The first kappa shape index (κ1) is 15.5. The molecule has 0 N–H and O–H groups in total. The van der Waals surface area contributed by atoms with Gasteiger partial charge in [-0.3, -0.25) is 9.48 Å². The van der Waals surface area contributed by atoms with E-state index < -0.39 is 0 Å². The first-order chi connectivity index (χ1) is 12.2. The molecule has 1 aliphatic rings. The molecule has 128 valence electrons. The van der Waals surface area contributed by atoms with Gasteiger partial charge in [-0.1, -0.05) is 6.07 Å².